The van der Waals surface area contributed by atoms with Crippen molar-refractivity contribution < 1.29 is 23.1 Å². The molecule has 0 radical (unpaired) electrons. The molecular formula is C28H34Cl2N2O5S. The predicted octanol–water partition coefficient (Wildman–Crippen LogP) is 5.64. The summed E-state index contributed by atoms with van der Waals surface area (Å²) < 4.78 is 28.2. The first kappa shape index (κ1) is 28.9. The van der Waals surface area contributed by atoms with Crippen LogP contribution in [0.5, 0.6) is 0 Å². The summed E-state index contributed by atoms with van der Waals surface area (Å²) in [5, 5.41) is 10.5. The Labute approximate surface area is 234 Å². The summed E-state index contributed by atoms with van der Waals surface area (Å²) in [5.41, 5.74) is 0.512. The minimum atomic E-state index is -3.50. The number of aliphatic carboxylic acids is 1. The minimum absolute atomic E-state index is 0.0394. The van der Waals surface area contributed by atoms with Gasteiger partial charge in [0.25, 0.3) is 0 Å². The van der Waals surface area contributed by atoms with Gasteiger partial charge >= 0.3 is 5.97 Å². The minimum Gasteiger partial charge on any atom is -0.481 e. The Bertz CT molecular complexity index is 1300. The van der Waals surface area contributed by atoms with Crippen LogP contribution in [0.25, 0.3) is 0 Å². The number of hydrogen-bond acceptors (Lipinski definition) is 4. The molecule has 1 heterocycles. The van der Waals surface area contributed by atoms with Crippen LogP contribution in [0.15, 0.2) is 48.5 Å². The standard InChI is InChI=1S/C28H34Cl2N2O5S/c1-17(2)24(16-31-38(36,37)22-11-12-22)32-26(18-7-9-20(29)10-8-18)23(19-5-4-6-21(30)13-19)14-28(3,27(32)35)15-25(33)34/h4-10,13,17,22-24,26,31H,11-12,14-16H2,1-3H3,(H,33,34)/t23-,24?,26-,28-/m1/s1. The molecule has 2 aliphatic rings. The number of hydrogen-bond donors (Lipinski definition) is 2. The van der Waals surface area contributed by atoms with E-state index in [1.807, 2.05) is 44.2 Å². The Morgan fingerprint density at radius 1 is 1.11 bits per heavy atom. The molecule has 38 heavy (non-hydrogen) atoms. The van der Waals surface area contributed by atoms with Gasteiger partial charge in [0.1, 0.15) is 0 Å². The number of carboxylic acid groups (broad SMARTS) is 1. The highest BCUT2D eigenvalue weighted by Gasteiger charge is 2.53. The molecule has 1 unspecified atom stereocenters. The van der Waals surface area contributed by atoms with E-state index in [0.717, 1.165) is 11.1 Å². The Balaban J connectivity index is 1.87. The van der Waals surface area contributed by atoms with E-state index < -0.39 is 38.7 Å². The molecule has 0 bridgehead atoms. The zero-order valence-electron chi connectivity index (χ0n) is 21.7. The van der Waals surface area contributed by atoms with Gasteiger partial charge < -0.3 is 10.0 Å². The van der Waals surface area contributed by atoms with Gasteiger partial charge in [-0.2, -0.15) is 0 Å². The van der Waals surface area contributed by atoms with Gasteiger partial charge in [0.05, 0.1) is 23.1 Å². The zero-order valence-corrected chi connectivity index (χ0v) is 24.1. The lowest BCUT2D eigenvalue weighted by Crippen LogP contribution is -2.59. The molecule has 10 heteroatoms. The van der Waals surface area contributed by atoms with E-state index in [9.17, 15) is 23.1 Å². The summed E-state index contributed by atoms with van der Waals surface area (Å²) in [4.78, 5) is 28.0. The third kappa shape index (κ3) is 6.19. The summed E-state index contributed by atoms with van der Waals surface area (Å²) in [6, 6.07) is 13.7. The number of likely N-dealkylation sites (tertiary alicyclic amines) is 1. The molecule has 1 saturated heterocycles. The molecule has 206 valence electrons. The van der Waals surface area contributed by atoms with Crippen LogP contribution in [0.1, 0.15) is 69.5 Å². The van der Waals surface area contributed by atoms with Crippen molar-refractivity contribution in [2.45, 2.75) is 69.7 Å². The zero-order chi connectivity index (χ0) is 27.8. The second kappa shape index (κ2) is 11.2. The van der Waals surface area contributed by atoms with Gasteiger partial charge in [-0.15, -0.1) is 0 Å². The SMILES string of the molecule is CC(C)C(CNS(=O)(=O)C1CC1)N1C(=O)[C@@](C)(CC(=O)O)C[C@H](c2cccc(Cl)c2)[C@H]1c1ccc(Cl)cc1. The number of sulfonamides is 1. The van der Waals surface area contributed by atoms with Gasteiger partial charge in [-0.3, -0.25) is 9.59 Å². The molecule has 1 aliphatic heterocycles. The molecule has 1 aliphatic carbocycles. The Hall–Kier alpha value is -2.13. The number of nitrogens with zero attached hydrogens (tertiary/aromatic N) is 1. The van der Waals surface area contributed by atoms with Crippen molar-refractivity contribution in [2.24, 2.45) is 11.3 Å². The molecular weight excluding hydrogens is 547 g/mol. The Morgan fingerprint density at radius 3 is 2.32 bits per heavy atom. The molecule has 2 aromatic carbocycles. The molecule has 1 amide bonds. The molecule has 0 spiro atoms. The lowest BCUT2D eigenvalue weighted by Gasteiger charge is -2.52. The number of nitrogens with one attached hydrogen (secondary N) is 1. The van der Waals surface area contributed by atoms with Crippen molar-refractivity contribution in [3.05, 3.63) is 69.7 Å². The summed E-state index contributed by atoms with van der Waals surface area (Å²) in [7, 11) is -3.50. The molecule has 4 rings (SSSR count). The second-order valence-electron chi connectivity index (χ2n) is 11.1. The van der Waals surface area contributed by atoms with Gasteiger partial charge in [-0.1, -0.05) is 68.2 Å². The van der Waals surface area contributed by atoms with E-state index in [4.69, 9.17) is 23.2 Å². The van der Waals surface area contributed by atoms with Gasteiger partial charge in [0.2, 0.25) is 15.9 Å². The summed E-state index contributed by atoms with van der Waals surface area (Å²) >= 11 is 12.6. The first-order valence-corrected chi connectivity index (χ1v) is 15.2. The number of amides is 1. The second-order valence-corrected chi connectivity index (χ2v) is 14.0. The molecule has 2 aromatic rings. The van der Waals surface area contributed by atoms with E-state index in [2.05, 4.69) is 4.72 Å². The number of piperidine rings is 1. The van der Waals surface area contributed by atoms with Gasteiger partial charge in [0.15, 0.2) is 0 Å². The third-order valence-corrected chi connectivity index (χ3v) is 10.1. The summed E-state index contributed by atoms with van der Waals surface area (Å²) in [5.74, 6) is -1.78. The van der Waals surface area contributed by atoms with E-state index in [-0.39, 0.29) is 30.7 Å². The monoisotopic (exact) mass is 580 g/mol. The maximum atomic E-state index is 14.3. The number of rotatable bonds is 10. The number of carbonyl (C=O) groups is 2. The van der Waals surface area contributed by atoms with Crippen LogP contribution in [-0.4, -0.2) is 48.1 Å². The van der Waals surface area contributed by atoms with Crippen molar-refractivity contribution in [1.29, 1.82) is 0 Å². The van der Waals surface area contributed by atoms with Crippen LogP contribution in [0.2, 0.25) is 10.0 Å². The smallest absolute Gasteiger partial charge is 0.304 e. The van der Waals surface area contributed by atoms with E-state index in [1.165, 1.54) is 0 Å². The van der Waals surface area contributed by atoms with Crippen LogP contribution in [0.4, 0.5) is 0 Å². The number of halogens is 2. The van der Waals surface area contributed by atoms with Gasteiger partial charge in [0, 0.05) is 28.5 Å². The van der Waals surface area contributed by atoms with E-state index in [0.29, 0.717) is 29.3 Å². The highest BCUT2D eigenvalue weighted by Crippen LogP contribution is 2.52. The predicted molar refractivity (Wildman–Crippen MR) is 149 cm³/mol. The largest absolute Gasteiger partial charge is 0.481 e. The lowest BCUT2D eigenvalue weighted by atomic mass is 9.66. The normalized spacial score (nSPS) is 25.0. The molecule has 4 atom stereocenters. The molecule has 0 aromatic heterocycles. The maximum absolute atomic E-state index is 14.3. The first-order valence-electron chi connectivity index (χ1n) is 12.9. The summed E-state index contributed by atoms with van der Waals surface area (Å²) in [6.07, 6.45) is 1.21. The first-order chi connectivity index (χ1) is 17.8. The van der Waals surface area contributed by atoms with Crippen LogP contribution in [0.3, 0.4) is 0 Å². The maximum Gasteiger partial charge on any atom is 0.304 e. The van der Waals surface area contributed by atoms with Crippen molar-refractivity contribution in [2.75, 3.05) is 6.54 Å². The number of carboxylic acids is 1. The van der Waals surface area contributed by atoms with Crippen LogP contribution in [0, 0.1) is 11.3 Å². The average molecular weight is 582 g/mol. The van der Waals surface area contributed by atoms with Gasteiger partial charge in [-0.25, -0.2) is 13.1 Å². The Kier molecular flexibility index (Phi) is 8.48. The van der Waals surface area contributed by atoms with Crippen molar-refractivity contribution >= 4 is 45.1 Å². The third-order valence-electron chi connectivity index (χ3n) is 7.72. The fraction of sp³-hybridized carbons (Fsp3) is 0.500. The fourth-order valence-corrected chi connectivity index (χ4v) is 7.32. The van der Waals surface area contributed by atoms with E-state index in [1.54, 1.807) is 30.0 Å². The highest BCUT2D eigenvalue weighted by atomic mass is 35.5. The Morgan fingerprint density at radius 2 is 1.76 bits per heavy atom. The van der Waals surface area contributed by atoms with Crippen LogP contribution in [-0.2, 0) is 19.6 Å². The number of benzene rings is 2. The quantitative estimate of drug-likeness (QED) is 0.378. The van der Waals surface area contributed by atoms with Crippen molar-refractivity contribution in [1.82, 2.24) is 9.62 Å². The fourth-order valence-electron chi connectivity index (χ4n) is 5.60. The molecule has 2 N–H and O–H groups in total. The lowest BCUT2D eigenvalue weighted by molar-refractivity contribution is -0.161. The molecule has 1 saturated carbocycles. The molecule has 7 nitrogen and oxygen atoms in total. The average Bonchev–Trinajstić information content (AvgIpc) is 3.68. The van der Waals surface area contributed by atoms with Crippen LogP contribution < -0.4 is 4.72 Å². The number of carbonyl (C=O) groups excluding carboxylic acids is 1. The topological polar surface area (TPSA) is 104 Å². The van der Waals surface area contributed by atoms with Gasteiger partial charge in [-0.05, 0) is 60.6 Å². The van der Waals surface area contributed by atoms with Crippen LogP contribution >= 0.6 is 23.2 Å². The van der Waals surface area contributed by atoms with E-state index >= 15 is 0 Å². The highest BCUT2D eigenvalue weighted by molar-refractivity contribution is 7.90. The van der Waals surface area contributed by atoms with Crippen molar-refractivity contribution in [3.8, 4) is 0 Å². The molecule has 2 fully saturated rings. The van der Waals surface area contributed by atoms with Crippen molar-refractivity contribution in [3.63, 3.8) is 0 Å². The summed E-state index contributed by atoms with van der Waals surface area (Å²) in [6.45, 7) is 5.62.